The summed E-state index contributed by atoms with van der Waals surface area (Å²) < 4.78 is 6.05. The van der Waals surface area contributed by atoms with Crippen molar-refractivity contribution in [3.8, 4) is 11.5 Å². The molecule has 1 aliphatic carbocycles. The molecule has 4 atom stereocenters. The van der Waals surface area contributed by atoms with E-state index in [-0.39, 0.29) is 30.8 Å². The zero-order valence-electron chi connectivity index (χ0n) is 23.0. The number of benzene rings is 3. The summed E-state index contributed by atoms with van der Waals surface area (Å²) in [7, 11) is 1.48. The van der Waals surface area contributed by atoms with E-state index in [4.69, 9.17) is 4.74 Å². The van der Waals surface area contributed by atoms with E-state index in [1.807, 2.05) is 78.9 Å². The van der Waals surface area contributed by atoms with Crippen LogP contribution >= 0.6 is 0 Å². The average Bonchev–Trinajstić information content (AvgIpc) is 3.22. The number of phenols is 1. The van der Waals surface area contributed by atoms with Gasteiger partial charge in [0.2, 0.25) is 11.8 Å². The molecule has 0 aromatic heterocycles. The van der Waals surface area contributed by atoms with Gasteiger partial charge in [0, 0.05) is 13.0 Å². The van der Waals surface area contributed by atoms with Crippen molar-refractivity contribution in [2.24, 2.45) is 17.8 Å². The quantitative estimate of drug-likeness (QED) is 0.191. The van der Waals surface area contributed by atoms with Crippen LogP contribution in [-0.4, -0.2) is 58.4 Å². The van der Waals surface area contributed by atoms with Gasteiger partial charge in [0.05, 0.1) is 24.5 Å². The number of rotatable bonds is 10. The van der Waals surface area contributed by atoms with Crippen molar-refractivity contribution in [3.05, 3.63) is 107 Å². The zero-order valence-corrected chi connectivity index (χ0v) is 23.0. The Morgan fingerprint density at radius 3 is 2.29 bits per heavy atom. The maximum absolute atomic E-state index is 13.1. The van der Waals surface area contributed by atoms with Gasteiger partial charge in [0.1, 0.15) is 18.1 Å². The summed E-state index contributed by atoms with van der Waals surface area (Å²) in [5, 5.41) is 31.9. The lowest BCUT2D eigenvalue weighted by atomic mass is 9.68. The number of fused-ring (bicyclic) bond motifs is 1. The van der Waals surface area contributed by atoms with Crippen molar-refractivity contribution in [1.29, 1.82) is 0 Å². The number of likely N-dealkylation sites (tertiary alicyclic amines) is 1. The largest absolute Gasteiger partial charge is 0.508 e. The summed E-state index contributed by atoms with van der Waals surface area (Å²) in [6.45, 7) is -0.208. The Hall–Kier alpha value is -4.20. The summed E-state index contributed by atoms with van der Waals surface area (Å²) in [5.74, 6) is -1.69. The molecular formula is C34H35NO6. The van der Waals surface area contributed by atoms with Crippen molar-refractivity contribution in [3.63, 3.8) is 0 Å². The summed E-state index contributed by atoms with van der Waals surface area (Å²) in [6.07, 6.45) is 2.23. The van der Waals surface area contributed by atoms with Gasteiger partial charge in [-0.25, -0.2) is 0 Å². The number of aliphatic hydroxyl groups is 2. The molecule has 0 unspecified atom stereocenters. The van der Waals surface area contributed by atoms with E-state index in [0.717, 1.165) is 27.2 Å². The minimum atomic E-state index is -0.955. The van der Waals surface area contributed by atoms with Crippen LogP contribution in [0.5, 0.6) is 11.5 Å². The number of aliphatic hydroxyl groups excluding tert-OH is 2. The Morgan fingerprint density at radius 2 is 1.63 bits per heavy atom. The van der Waals surface area contributed by atoms with Gasteiger partial charge in [-0.15, -0.1) is 0 Å². The molecule has 1 heterocycles. The van der Waals surface area contributed by atoms with E-state index in [0.29, 0.717) is 30.6 Å². The van der Waals surface area contributed by atoms with Gasteiger partial charge < -0.3 is 20.1 Å². The topological polar surface area (TPSA) is 107 Å². The summed E-state index contributed by atoms with van der Waals surface area (Å²) in [5.41, 5.74) is 4.27. The molecule has 41 heavy (non-hydrogen) atoms. The number of aromatic hydroxyl groups is 1. The number of carbonyl (C=O) groups excluding carboxylic acids is 2. The Balaban J connectivity index is 1.46. The van der Waals surface area contributed by atoms with Gasteiger partial charge in [-0.3, -0.25) is 14.5 Å². The lowest BCUT2D eigenvalue weighted by molar-refractivity contribution is -0.138. The van der Waals surface area contributed by atoms with Crippen LogP contribution in [0.2, 0.25) is 0 Å². The van der Waals surface area contributed by atoms with Crippen LogP contribution in [0.15, 0.2) is 96.1 Å². The molecule has 0 spiro atoms. The van der Waals surface area contributed by atoms with Crippen LogP contribution in [0.25, 0.3) is 11.6 Å². The molecule has 0 bridgehead atoms. The third kappa shape index (κ3) is 6.11. The second-order valence-corrected chi connectivity index (χ2v) is 10.7. The SMILES string of the molecule is CN1C(=O)[C@@H]2[C@@H](CC(COc3ccccc3)=C([C@H](O)CC/C(=C/c3ccc(O)cc3)c3ccccc3)[C@@H]2CO)C1=O. The first-order valence-corrected chi connectivity index (χ1v) is 13.9. The minimum Gasteiger partial charge on any atom is -0.508 e. The average molecular weight is 554 g/mol. The molecule has 1 fully saturated rings. The van der Waals surface area contributed by atoms with Crippen LogP contribution in [0.1, 0.15) is 30.4 Å². The fraction of sp³-hybridized carbons (Fsp3) is 0.294. The van der Waals surface area contributed by atoms with Gasteiger partial charge in [0.25, 0.3) is 0 Å². The van der Waals surface area contributed by atoms with Crippen molar-refractivity contribution >= 4 is 23.5 Å². The van der Waals surface area contributed by atoms with Gasteiger partial charge in [-0.1, -0.05) is 66.7 Å². The van der Waals surface area contributed by atoms with Crippen LogP contribution in [-0.2, 0) is 9.59 Å². The first kappa shape index (κ1) is 28.3. The van der Waals surface area contributed by atoms with Gasteiger partial charge >= 0.3 is 0 Å². The lowest BCUT2D eigenvalue weighted by Crippen LogP contribution is -2.39. The number of para-hydroxylation sites is 1. The Kier molecular flexibility index (Phi) is 8.67. The first-order valence-electron chi connectivity index (χ1n) is 13.9. The predicted octanol–water partition coefficient (Wildman–Crippen LogP) is 4.69. The van der Waals surface area contributed by atoms with Gasteiger partial charge in [0.15, 0.2) is 0 Å². The Labute approximate surface area is 240 Å². The van der Waals surface area contributed by atoms with Gasteiger partial charge in [-0.05, 0) is 71.4 Å². The molecule has 3 N–H and O–H groups in total. The summed E-state index contributed by atoms with van der Waals surface area (Å²) >= 11 is 0. The van der Waals surface area contributed by atoms with E-state index in [1.54, 1.807) is 12.1 Å². The molecule has 7 heteroatoms. The van der Waals surface area contributed by atoms with Crippen LogP contribution < -0.4 is 4.74 Å². The third-order valence-corrected chi connectivity index (χ3v) is 8.18. The molecular weight excluding hydrogens is 518 g/mol. The van der Waals surface area contributed by atoms with E-state index < -0.39 is 23.9 Å². The standard InChI is InChI=1S/C34H35NO6/c1-35-33(39)28-19-25(21-41-27-10-6-3-7-11-27)31(29(20-36)32(28)34(35)40)30(38)17-14-24(23-8-4-2-5-9-23)18-22-12-15-26(37)16-13-22/h2-13,15-16,18,28-30,32,36-38H,14,17,19-21H2,1H3/b24-18-/t28-,29+,30-,32-/m1/s1. The molecule has 1 aliphatic heterocycles. The van der Waals surface area contributed by atoms with Crippen LogP contribution in [0.3, 0.4) is 0 Å². The first-order chi connectivity index (χ1) is 19.9. The van der Waals surface area contributed by atoms with Gasteiger partial charge in [-0.2, -0.15) is 0 Å². The molecule has 1 saturated heterocycles. The Morgan fingerprint density at radius 1 is 0.976 bits per heavy atom. The molecule has 0 radical (unpaired) electrons. The maximum atomic E-state index is 13.1. The highest BCUT2D eigenvalue weighted by Gasteiger charge is 2.53. The number of carbonyl (C=O) groups is 2. The molecule has 0 saturated carbocycles. The minimum absolute atomic E-state index is 0.149. The van der Waals surface area contributed by atoms with Crippen molar-refractivity contribution in [2.45, 2.75) is 25.4 Å². The number of phenolic OH excluding ortho intramolecular Hbond substituents is 1. The molecule has 3 aromatic carbocycles. The molecule has 212 valence electrons. The zero-order chi connectivity index (χ0) is 28.9. The molecule has 7 nitrogen and oxygen atoms in total. The second kappa shape index (κ2) is 12.5. The van der Waals surface area contributed by atoms with E-state index in [9.17, 15) is 24.9 Å². The van der Waals surface area contributed by atoms with Crippen LogP contribution in [0, 0.1) is 17.8 Å². The fourth-order valence-electron chi connectivity index (χ4n) is 6.11. The van der Waals surface area contributed by atoms with Crippen LogP contribution in [0.4, 0.5) is 0 Å². The highest BCUT2D eigenvalue weighted by Crippen LogP contribution is 2.46. The van der Waals surface area contributed by atoms with Crippen molar-refractivity contribution in [1.82, 2.24) is 4.90 Å². The van der Waals surface area contributed by atoms with E-state index in [1.165, 1.54) is 7.05 Å². The van der Waals surface area contributed by atoms with Crippen molar-refractivity contribution in [2.75, 3.05) is 20.3 Å². The normalized spacial score (nSPS) is 21.7. The number of imide groups is 1. The fourth-order valence-corrected chi connectivity index (χ4v) is 6.11. The number of hydrogen-bond donors (Lipinski definition) is 3. The lowest BCUT2D eigenvalue weighted by Gasteiger charge is -2.36. The second-order valence-electron chi connectivity index (χ2n) is 10.7. The number of nitrogens with zero attached hydrogens (tertiary/aromatic N) is 1. The number of hydrogen-bond acceptors (Lipinski definition) is 6. The smallest absolute Gasteiger partial charge is 0.233 e. The predicted molar refractivity (Wildman–Crippen MR) is 157 cm³/mol. The highest BCUT2D eigenvalue weighted by molar-refractivity contribution is 6.05. The highest BCUT2D eigenvalue weighted by atomic mass is 16.5. The monoisotopic (exact) mass is 553 g/mol. The molecule has 5 rings (SSSR count). The van der Waals surface area contributed by atoms with E-state index in [2.05, 4.69) is 0 Å². The Bertz CT molecular complexity index is 1430. The molecule has 2 aliphatic rings. The number of amides is 2. The summed E-state index contributed by atoms with van der Waals surface area (Å²) in [6, 6.07) is 26.1. The molecule has 2 amide bonds. The summed E-state index contributed by atoms with van der Waals surface area (Å²) in [4.78, 5) is 27.2. The number of allylic oxidation sites excluding steroid dienone is 1. The maximum Gasteiger partial charge on any atom is 0.233 e. The number of ether oxygens (including phenoxy) is 1. The third-order valence-electron chi connectivity index (χ3n) is 8.18. The van der Waals surface area contributed by atoms with E-state index >= 15 is 0 Å². The van der Waals surface area contributed by atoms with Crippen molar-refractivity contribution < 1.29 is 29.6 Å². The molecule has 3 aromatic rings.